The topological polar surface area (TPSA) is 0 Å². The molecule has 0 aromatic rings. The molecule has 4 atom stereocenters. The van der Waals surface area contributed by atoms with Crippen LogP contribution < -0.4 is 0 Å². The average Bonchev–Trinajstić information content (AvgIpc) is 2.92. The van der Waals surface area contributed by atoms with Gasteiger partial charge in [0.15, 0.2) is 0 Å². The van der Waals surface area contributed by atoms with E-state index in [1.54, 1.807) is 0 Å². The number of hydrogen-bond acceptors (Lipinski definition) is 0. The summed E-state index contributed by atoms with van der Waals surface area (Å²) in [5.41, 5.74) is 0.718. The first-order chi connectivity index (χ1) is 7.07. The van der Waals surface area contributed by atoms with Gasteiger partial charge in [0.05, 0.1) is 0 Å². The SMILES string of the molecule is CCC(C)CCC(CC)C1CC1(C)CC. The molecule has 0 saturated heterocycles. The molecule has 0 nitrogen and oxygen atoms in total. The van der Waals surface area contributed by atoms with Crippen molar-refractivity contribution in [3.63, 3.8) is 0 Å². The van der Waals surface area contributed by atoms with Crippen LogP contribution in [-0.2, 0) is 0 Å². The van der Waals surface area contributed by atoms with Crippen LogP contribution >= 0.6 is 0 Å². The summed E-state index contributed by atoms with van der Waals surface area (Å²) in [6.07, 6.45) is 8.57. The Morgan fingerprint density at radius 2 is 1.80 bits per heavy atom. The standard InChI is InChI=1S/C15H30/c1-6-12(4)9-10-13(7-2)14-11-15(14,5)8-3/h12-14H,6-11H2,1-5H3. The molecule has 90 valence electrons. The normalized spacial score (nSPS) is 33.8. The lowest BCUT2D eigenvalue weighted by atomic mass is 9.86. The largest absolute Gasteiger partial charge is 0.0651 e. The van der Waals surface area contributed by atoms with E-state index in [1.165, 1.54) is 38.5 Å². The second-order valence-electron chi connectivity index (χ2n) is 6.08. The Bertz CT molecular complexity index is 184. The lowest BCUT2D eigenvalue weighted by Crippen LogP contribution is -2.09. The minimum absolute atomic E-state index is 0.718. The van der Waals surface area contributed by atoms with E-state index in [2.05, 4.69) is 34.6 Å². The molecule has 1 fully saturated rings. The second-order valence-corrected chi connectivity index (χ2v) is 6.08. The Hall–Kier alpha value is 0. The summed E-state index contributed by atoms with van der Waals surface area (Å²) in [5.74, 6) is 3.01. The fourth-order valence-electron chi connectivity index (χ4n) is 2.98. The molecule has 0 heterocycles. The predicted octanol–water partition coefficient (Wildman–Crippen LogP) is 5.28. The zero-order chi connectivity index (χ0) is 11.5. The first kappa shape index (κ1) is 13.1. The summed E-state index contributed by atoms with van der Waals surface area (Å²) < 4.78 is 0. The minimum atomic E-state index is 0.718. The van der Waals surface area contributed by atoms with Crippen LogP contribution in [0.3, 0.4) is 0 Å². The van der Waals surface area contributed by atoms with Crippen LogP contribution in [0.4, 0.5) is 0 Å². The average molecular weight is 210 g/mol. The molecule has 0 heteroatoms. The number of rotatable bonds is 7. The van der Waals surface area contributed by atoms with E-state index >= 15 is 0 Å². The van der Waals surface area contributed by atoms with Gasteiger partial charge in [-0.05, 0) is 36.0 Å². The zero-order valence-electron chi connectivity index (χ0n) is 11.5. The molecule has 0 N–H and O–H groups in total. The third-order valence-electron chi connectivity index (χ3n) is 5.05. The van der Waals surface area contributed by atoms with Crippen molar-refractivity contribution in [2.75, 3.05) is 0 Å². The maximum atomic E-state index is 2.49. The van der Waals surface area contributed by atoms with Crippen LogP contribution in [0.1, 0.15) is 73.1 Å². The van der Waals surface area contributed by atoms with Crippen molar-refractivity contribution in [1.29, 1.82) is 0 Å². The molecule has 1 saturated carbocycles. The van der Waals surface area contributed by atoms with Crippen molar-refractivity contribution in [3.05, 3.63) is 0 Å². The lowest BCUT2D eigenvalue weighted by molar-refractivity contribution is 0.312. The van der Waals surface area contributed by atoms with Gasteiger partial charge in [-0.15, -0.1) is 0 Å². The molecule has 15 heavy (non-hydrogen) atoms. The number of hydrogen-bond donors (Lipinski definition) is 0. The van der Waals surface area contributed by atoms with Crippen LogP contribution in [0.25, 0.3) is 0 Å². The van der Waals surface area contributed by atoms with E-state index in [9.17, 15) is 0 Å². The molecule has 0 bridgehead atoms. The molecule has 0 aromatic carbocycles. The predicted molar refractivity (Wildman–Crippen MR) is 69.0 cm³/mol. The quantitative estimate of drug-likeness (QED) is 0.536. The highest BCUT2D eigenvalue weighted by atomic mass is 14.6. The van der Waals surface area contributed by atoms with E-state index in [4.69, 9.17) is 0 Å². The van der Waals surface area contributed by atoms with Gasteiger partial charge in [0, 0.05) is 0 Å². The molecule has 4 unspecified atom stereocenters. The maximum Gasteiger partial charge on any atom is -0.0294 e. The first-order valence-electron chi connectivity index (χ1n) is 7.07. The molecular weight excluding hydrogens is 180 g/mol. The van der Waals surface area contributed by atoms with E-state index < -0.39 is 0 Å². The van der Waals surface area contributed by atoms with Crippen molar-refractivity contribution in [3.8, 4) is 0 Å². The van der Waals surface area contributed by atoms with Gasteiger partial charge < -0.3 is 0 Å². The summed E-state index contributed by atoms with van der Waals surface area (Å²) in [4.78, 5) is 0. The van der Waals surface area contributed by atoms with Crippen LogP contribution in [0, 0.1) is 23.2 Å². The smallest absolute Gasteiger partial charge is 0.0294 e. The van der Waals surface area contributed by atoms with Crippen LogP contribution in [-0.4, -0.2) is 0 Å². The minimum Gasteiger partial charge on any atom is -0.0651 e. The summed E-state index contributed by atoms with van der Waals surface area (Å²) in [7, 11) is 0. The Labute approximate surface area is 96.8 Å². The van der Waals surface area contributed by atoms with Gasteiger partial charge in [-0.25, -0.2) is 0 Å². The Balaban J connectivity index is 2.32. The van der Waals surface area contributed by atoms with E-state index in [-0.39, 0.29) is 0 Å². The van der Waals surface area contributed by atoms with Crippen LogP contribution in [0.5, 0.6) is 0 Å². The Morgan fingerprint density at radius 3 is 2.20 bits per heavy atom. The Morgan fingerprint density at radius 1 is 1.13 bits per heavy atom. The van der Waals surface area contributed by atoms with Gasteiger partial charge in [0.2, 0.25) is 0 Å². The first-order valence-corrected chi connectivity index (χ1v) is 7.07. The molecule has 0 radical (unpaired) electrons. The fourth-order valence-corrected chi connectivity index (χ4v) is 2.98. The van der Waals surface area contributed by atoms with Gasteiger partial charge in [0.1, 0.15) is 0 Å². The summed E-state index contributed by atoms with van der Waals surface area (Å²) in [6.45, 7) is 12.0. The fraction of sp³-hybridized carbons (Fsp3) is 1.00. The molecule has 1 rings (SSSR count). The van der Waals surface area contributed by atoms with Crippen molar-refractivity contribution in [2.24, 2.45) is 23.2 Å². The summed E-state index contributed by atoms with van der Waals surface area (Å²) in [5, 5.41) is 0. The highest BCUT2D eigenvalue weighted by Crippen LogP contribution is 2.60. The van der Waals surface area contributed by atoms with Gasteiger partial charge in [-0.2, -0.15) is 0 Å². The third-order valence-corrected chi connectivity index (χ3v) is 5.05. The van der Waals surface area contributed by atoms with Gasteiger partial charge >= 0.3 is 0 Å². The molecule has 0 aromatic heterocycles. The molecule has 0 amide bonds. The van der Waals surface area contributed by atoms with Gasteiger partial charge in [-0.3, -0.25) is 0 Å². The van der Waals surface area contributed by atoms with E-state index in [0.29, 0.717) is 0 Å². The van der Waals surface area contributed by atoms with Crippen molar-refractivity contribution in [1.82, 2.24) is 0 Å². The second kappa shape index (κ2) is 5.37. The molecule has 0 aliphatic heterocycles. The van der Waals surface area contributed by atoms with Crippen molar-refractivity contribution < 1.29 is 0 Å². The van der Waals surface area contributed by atoms with Gasteiger partial charge in [0.25, 0.3) is 0 Å². The summed E-state index contributed by atoms with van der Waals surface area (Å²) in [6, 6.07) is 0. The Kier molecular flexibility index (Phi) is 4.67. The van der Waals surface area contributed by atoms with Crippen LogP contribution in [0.15, 0.2) is 0 Å². The molecular formula is C15H30. The van der Waals surface area contributed by atoms with E-state index in [1.807, 2.05) is 0 Å². The zero-order valence-corrected chi connectivity index (χ0v) is 11.5. The molecule has 1 aliphatic carbocycles. The highest BCUT2D eigenvalue weighted by Gasteiger charge is 2.51. The van der Waals surface area contributed by atoms with E-state index in [0.717, 1.165) is 23.2 Å². The summed E-state index contributed by atoms with van der Waals surface area (Å²) >= 11 is 0. The monoisotopic (exact) mass is 210 g/mol. The van der Waals surface area contributed by atoms with Crippen LogP contribution in [0.2, 0.25) is 0 Å². The van der Waals surface area contributed by atoms with Gasteiger partial charge in [-0.1, -0.05) is 60.3 Å². The lowest BCUT2D eigenvalue weighted by Gasteiger charge is -2.19. The molecule has 0 spiro atoms. The third kappa shape index (κ3) is 3.23. The molecule has 1 aliphatic rings. The highest BCUT2D eigenvalue weighted by molar-refractivity contribution is 5.00. The van der Waals surface area contributed by atoms with Crippen molar-refractivity contribution in [2.45, 2.75) is 73.1 Å². The maximum absolute atomic E-state index is 2.49. The van der Waals surface area contributed by atoms with Crippen molar-refractivity contribution >= 4 is 0 Å².